The van der Waals surface area contributed by atoms with Crippen LogP contribution in [0.1, 0.15) is 59.7 Å². The van der Waals surface area contributed by atoms with Crippen molar-refractivity contribution in [2.45, 2.75) is 56.5 Å². The van der Waals surface area contributed by atoms with E-state index in [1.54, 1.807) is 36.5 Å². The molecular weight excluding hydrogens is 681 g/mol. The van der Waals surface area contributed by atoms with Crippen molar-refractivity contribution in [1.29, 1.82) is 0 Å². The third kappa shape index (κ3) is 6.35. The zero-order valence-electron chi connectivity index (χ0n) is 26.8. The first kappa shape index (κ1) is 34.0. The van der Waals surface area contributed by atoms with Gasteiger partial charge in [-0.1, -0.05) is 30.2 Å². The van der Waals surface area contributed by atoms with Crippen LogP contribution in [0.3, 0.4) is 0 Å². The SMILES string of the molecule is CC(C)(O)C#Cc1ccc(-c2cccc3[nH]ncc23)c(C(Cc2cc(F)cc(F)c2)NC(=O)Cn2nc(C(F)(F)F)c3c2C(F)(F)C2C=CC32)n1. The lowest BCUT2D eigenvalue weighted by Crippen LogP contribution is -2.36. The number of aliphatic hydroxyl groups is 1. The van der Waals surface area contributed by atoms with E-state index in [-0.39, 0.29) is 23.4 Å². The lowest BCUT2D eigenvalue weighted by Gasteiger charge is -2.27. The standard InChI is InChI=1S/C36H27F7N6O2/c1-34(2,51)11-10-21-6-7-23(22-4-3-5-27-25(22)16-44-47-27)31(45-21)28(14-18-12-19(37)15-20(38)13-18)46-29(50)17-49-33-30(32(48-49)36(41,42)43)24-8-9-26(24)35(33,39)40/h3-9,12-13,15-16,24,26,28,51H,14,17H2,1-2H3,(H,44,47)(H,46,50). The predicted molar refractivity (Wildman–Crippen MR) is 170 cm³/mol. The minimum atomic E-state index is -5.07. The van der Waals surface area contributed by atoms with E-state index in [2.05, 4.69) is 37.4 Å². The molecule has 0 aliphatic heterocycles. The molecule has 3 heterocycles. The Morgan fingerprint density at radius 2 is 1.82 bits per heavy atom. The number of nitrogens with one attached hydrogen (secondary N) is 2. The molecule has 0 spiro atoms. The maximum atomic E-state index is 15.4. The second-order valence-electron chi connectivity index (χ2n) is 13.0. The smallest absolute Gasteiger partial charge is 0.378 e. The molecule has 2 aliphatic rings. The summed E-state index contributed by atoms with van der Waals surface area (Å²) in [4.78, 5) is 18.4. The molecule has 7 rings (SSSR count). The third-order valence-electron chi connectivity index (χ3n) is 8.75. The number of benzene rings is 2. The number of carbonyl (C=O) groups is 1. The molecule has 0 fully saturated rings. The first-order valence-electron chi connectivity index (χ1n) is 15.7. The van der Waals surface area contributed by atoms with Gasteiger partial charge in [-0.2, -0.15) is 32.1 Å². The van der Waals surface area contributed by atoms with Crippen LogP contribution in [0.4, 0.5) is 30.7 Å². The van der Waals surface area contributed by atoms with Crippen LogP contribution in [0.15, 0.2) is 66.9 Å². The van der Waals surface area contributed by atoms with Gasteiger partial charge >= 0.3 is 6.18 Å². The second kappa shape index (κ2) is 12.1. The maximum absolute atomic E-state index is 15.4. The van der Waals surface area contributed by atoms with Crippen LogP contribution >= 0.6 is 0 Å². The molecule has 3 N–H and O–H groups in total. The van der Waals surface area contributed by atoms with Crippen LogP contribution in [-0.4, -0.2) is 41.6 Å². The van der Waals surface area contributed by atoms with E-state index in [1.807, 2.05) is 0 Å². The highest BCUT2D eigenvalue weighted by molar-refractivity contribution is 5.95. The Morgan fingerprint density at radius 3 is 2.49 bits per heavy atom. The van der Waals surface area contributed by atoms with Gasteiger partial charge in [-0.15, -0.1) is 0 Å². The summed E-state index contributed by atoms with van der Waals surface area (Å²) in [6.07, 6.45) is -1.42. The Labute approximate surface area is 285 Å². The van der Waals surface area contributed by atoms with Crippen molar-refractivity contribution in [3.05, 3.63) is 112 Å². The van der Waals surface area contributed by atoms with Crippen LogP contribution in [-0.2, 0) is 29.9 Å². The summed E-state index contributed by atoms with van der Waals surface area (Å²) in [5.41, 5.74) is -2.58. The lowest BCUT2D eigenvalue weighted by atomic mass is 9.81. The van der Waals surface area contributed by atoms with Crippen molar-refractivity contribution in [3.63, 3.8) is 0 Å². The number of hydrogen-bond donors (Lipinski definition) is 3. The van der Waals surface area contributed by atoms with Gasteiger partial charge < -0.3 is 10.4 Å². The van der Waals surface area contributed by atoms with Gasteiger partial charge in [0.05, 0.1) is 29.4 Å². The Morgan fingerprint density at radius 1 is 1.08 bits per heavy atom. The molecule has 262 valence electrons. The Hall–Kier alpha value is -5.49. The highest BCUT2D eigenvalue weighted by atomic mass is 19.4. The minimum absolute atomic E-state index is 0.0774. The summed E-state index contributed by atoms with van der Waals surface area (Å²) >= 11 is 0. The zero-order chi connectivity index (χ0) is 36.5. The molecule has 3 aromatic heterocycles. The number of H-pyrrole nitrogens is 1. The highest BCUT2D eigenvalue weighted by Crippen LogP contribution is 2.60. The fourth-order valence-corrected chi connectivity index (χ4v) is 6.59. The number of hydrogen-bond acceptors (Lipinski definition) is 5. The second-order valence-corrected chi connectivity index (χ2v) is 13.0. The minimum Gasteiger partial charge on any atom is -0.378 e. The summed E-state index contributed by atoms with van der Waals surface area (Å²) in [6.45, 7) is 1.88. The topological polar surface area (TPSA) is 109 Å². The predicted octanol–water partition coefficient (Wildman–Crippen LogP) is 6.72. The fraction of sp³-hybridized carbons (Fsp3) is 0.278. The van der Waals surface area contributed by atoms with E-state index in [9.17, 15) is 31.9 Å². The number of pyridine rings is 1. The zero-order valence-corrected chi connectivity index (χ0v) is 26.8. The molecule has 0 saturated carbocycles. The molecular formula is C36H27F7N6O2. The molecule has 3 atom stereocenters. The number of alkyl halides is 5. The Kier molecular flexibility index (Phi) is 8.05. The number of halogens is 7. The van der Waals surface area contributed by atoms with Gasteiger partial charge in [-0.25, -0.2) is 13.8 Å². The molecule has 0 saturated heterocycles. The van der Waals surface area contributed by atoms with E-state index in [0.717, 1.165) is 18.2 Å². The lowest BCUT2D eigenvalue weighted by molar-refractivity contribution is -0.142. The fourth-order valence-electron chi connectivity index (χ4n) is 6.59. The Bertz CT molecular complexity index is 2270. The van der Waals surface area contributed by atoms with Crippen molar-refractivity contribution >= 4 is 16.8 Å². The van der Waals surface area contributed by atoms with Crippen molar-refractivity contribution in [2.24, 2.45) is 5.92 Å². The summed E-state index contributed by atoms with van der Waals surface area (Å²) in [5.74, 6) is -3.86. The Balaban J connectivity index is 1.34. The highest BCUT2D eigenvalue weighted by Gasteiger charge is 2.61. The number of nitrogens with zero attached hydrogens (tertiary/aromatic N) is 4. The van der Waals surface area contributed by atoms with Crippen LogP contribution in [0, 0.1) is 29.4 Å². The van der Waals surface area contributed by atoms with Gasteiger partial charge in [-0.3, -0.25) is 14.6 Å². The number of carbonyl (C=O) groups excluding carboxylic acids is 1. The molecule has 2 aliphatic carbocycles. The molecule has 2 aromatic carbocycles. The number of amides is 1. The van der Waals surface area contributed by atoms with Gasteiger partial charge in [0, 0.05) is 28.5 Å². The molecule has 0 bridgehead atoms. The first-order valence-corrected chi connectivity index (χ1v) is 15.7. The molecule has 51 heavy (non-hydrogen) atoms. The molecule has 3 unspecified atom stereocenters. The quantitative estimate of drug-likeness (QED) is 0.0990. The van der Waals surface area contributed by atoms with Crippen LogP contribution < -0.4 is 5.32 Å². The van der Waals surface area contributed by atoms with E-state index in [4.69, 9.17) is 0 Å². The van der Waals surface area contributed by atoms with Gasteiger partial charge in [0.25, 0.3) is 5.92 Å². The number of allylic oxidation sites excluding steroid dienone is 2. The van der Waals surface area contributed by atoms with Crippen molar-refractivity contribution < 1.29 is 40.6 Å². The van der Waals surface area contributed by atoms with Gasteiger partial charge in [0.15, 0.2) is 5.69 Å². The van der Waals surface area contributed by atoms with Crippen molar-refractivity contribution in [3.8, 4) is 23.0 Å². The average Bonchev–Trinajstić information content (AvgIpc) is 3.67. The molecule has 5 aromatic rings. The van der Waals surface area contributed by atoms with Gasteiger partial charge in [0.1, 0.15) is 35.2 Å². The number of fused-ring (bicyclic) bond motifs is 4. The van der Waals surface area contributed by atoms with Crippen LogP contribution in [0.2, 0.25) is 0 Å². The molecule has 8 nitrogen and oxygen atoms in total. The number of aromatic amines is 1. The molecule has 1 amide bonds. The average molecular weight is 709 g/mol. The van der Waals surface area contributed by atoms with E-state index in [0.29, 0.717) is 32.8 Å². The number of aromatic nitrogens is 5. The van der Waals surface area contributed by atoms with Crippen LogP contribution in [0.25, 0.3) is 22.0 Å². The monoisotopic (exact) mass is 708 g/mol. The summed E-state index contributed by atoms with van der Waals surface area (Å²) < 4.78 is 102. The van der Waals surface area contributed by atoms with E-state index >= 15 is 8.78 Å². The maximum Gasteiger partial charge on any atom is 0.435 e. The van der Waals surface area contributed by atoms with Gasteiger partial charge in [-0.05, 0) is 67.6 Å². The normalized spacial score (nSPS) is 18.1. The summed E-state index contributed by atoms with van der Waals surface area (Å²) in [6, 6.07) is 9.94. The summed E-state index contributed by atoms with van der Waals surface area (Å²) in [5, 5.41) is 23.9. The van der Waals surface area contributed by atoms with Crippen LogP contribution in [0.5, 0.6) is 0 Å². The van der Waals surface area contributed by atoms with Crippen molar-refractivity contribution in [1.82, 2.24) is 30.3 Å². The molecule has 15 heteroatoms. The van der Waals surface area contributed by atoms with E-state index < -0.39 is 76.6 Å². The first-order chi connectivity index (χ1) is 24.0. The van der Waals surface area contributed by atoms with Crippen molar-refractivity contribution in [2.75, 3.05) is 0 Å². The van der Waals surface area contributed by atoms with Gasteiger partial charge in [0.2, 0.25) is 5.91 Å². The number of rotatable bonds is 7. The largest absolute Gasteiger partial charge is 0.435 e. The van der Waals surface area contributed by atoms with E-state index in [1.165, 1.54) is 19.9 Å². The summed E-state index contributed by atoms with van der Waals surface area (Å²) in [7, 11) is 0. The third-order valence-corrected chi connectivity index (χ3v) is 8.75. The molecule has 0 radical (unpaired) electrons.